The first kappa shape index (κ1) is 20.1. The van der Waals surface area contributed by atoms with Gasteiger partial charge < -0.3 is 9.67 Å². The average Bonchev–Trinajstić information content (AvgIpc) is 2.96. The molecule has 0 saturated heterocycles. The largest absolute Gasteiger partial charge is 0.396 e. The Hall–Kier alpha value is -1.68. The van der Waals surface area contributed by atoms with Gasteiger partial charge in [-0.2, -0.15) is 0 Å². The molecule has 0 spiro atoms. The van der Waals surface area contributed by atoms with Crippen molar-refractivity contribution in [2.45, 2.75) is 17.9 Å². The molecule has 0 bridgehead atoms. The highest BCUT2D eigenvalue weighted by Crippen LogP contribution is 2.31. The number of aliphatic hydroxyl groups excluding tert-OH is 1. The first-order chi connectivity index (χ1) is 12.7. The van der Waals surface area contributed by atoms with E-state index in [1.165, 1.54) is 6.20 Å². The van der Waals surface area contributed by atoms with E-state index in [9.17, 15) is 17.2 Å². The van der Waals surface area contributed by atoms with Gasteiger partial charge in [-0.1, -0.05) is 11.6 Å². The molecule has 5 nitrogen and oxygen atoms in total. The number of halogens is 4. The number of fused-ring (bicyclic) bond motifs is 1. The minimum atomic E-state index is -4.21. The maximum absolute atomic E-state index is 14.0. The molecule has 0 saturated carbocycles. The molecular weight excluding hydrogens is 466 g/mol. The topological polar surface area (TPSA) is 71.3 Å². The van der Waals surface area contributed by atoms with Crippen LogP contribution in [0.2, 0.25) is 5.02 Å². The van der Waals surface area contributed by atoms with Crippen LogP contribution >= 0.6 is 27.5 Å². The van der Waals surface area contributed by atoms with Gasteiger partial charge in [-0.25, -0.2) is 17.2 Å². The molecule has 10 heteroatoms. The summed E-state index contributed by atoms with van der Waals surface area (Å²) in [7, 11) is -4.21. The van der Waals surface area contributed by atoms with Crippen molar-refractivity contribution in [1.29, 1.82) is 0 Å². The van der Waals surface area contributed by atoms with Crippen molar-refractivity contribution in [3.63, 3.8) is 0 Å². The van der Waals surface area contributed by atoms with Gasteiger partial charge >= 0.3 is 0 Å². The maximum atomic E-state index is 14.0. The Balaban J connectivity index is 2.09. The van der Waals surface area contributed by atoms with Crippen molar-refractivity contribution in [3.05, 3.63) is 57.7 Å². The Kier molecular flexibility index (Phi) is 5.76. The summed E-state index contributed by atoms with van der Waals surface area (Å²) < 4.78 is 57.0. The zero-order valence-electron chi connectivity index (χ0n) is 13.7. The molecule has 3 rings (SSSR count). The van der Waals surface area contributed by atoms with E-state index < -0.39 is 27.3 Å². The van der Waals surface area contributed by atoms with Gasteiger partial charge in [0.25, 0.3) is 10.0 Å². The van der Waals surface area contributed by atoms with Crippen molar-refractivity contribution < 1.29 is 22.3 Å². The Labute approximate surface area is 167 Å². The normalized spacial score (nSPS) is 11.9. The fraction of sp³-hybridized carbons (Fsp3) is 0.176. The standard InChI is InChI=1S/C17H14BrClF2N2O3S/c18-12-7-14(21)15(8-13(12)20)22-27(25,26)17-9-23(4-1-5-24)16-6-10(19)2-3-11(16)17/h2-3,6-9,22,24H,1,4-5H2. The summed E-state index contributed by atoms with van der Waals surface area (Å²) in [4.78, 5) is -0.102. The van der Waals surface area contributed by atoms with Gasteiger partial charge in [0.15, 0.2) is 0 Å². The highest BCUT2D eigenvalue weighted by molar-refractivity contribution is 9.10. The molecule has 2 N–H and O–H groups in total. The van der Waals surface area contributed by atoms with E-state index in [0.29, 0.717) is 28.9 Å². The summed E-state index contributed by atoms with van der Waals surface area (Å²) in [5.74, 6) is -1.72. The molecule has 0 amide bonds. The summed E-state index contributed by atoms with van der Waals surface area (Å²) >= 11 is 8.85. The number of nitrogens with one attached hydrogen (secondary N) is 1. The number of hydrogen-bond donors (Lipinski definition) is 2. The third kappa shape index (κ3) is 4.11. The Morgan fingerprint density at radius 3 is 2.63 bits per heavy atom. The summed E-state index contributed by atoms with van der Waals surface area (Å²) in [6.07, 6.45) is 1.79. The van der Waals surface area contributed by atoms with Crippen LogP contribution < -0.4 is 4.72 Å². The van der Waals surface area contributed by atoms with Gasteiger partial charge in [0, 0.05) is 35.8 Å². The number of benzene rings is 2. The molecule has 2 aromatic carbocycles. The molecule has 3 aromatic rings. The Morgan fingerprint density at radius 2 is 1.93 bits per heavy atom. The number of aliphatic hydroxyl groups is 1. The van der Waals surface area contributed by atoms with Gasteiger partial charge in [0.05, 0.1) is 15.7 Å². The second-order valence-corrected chi connectivity index (χ2v) is 8.72. The van der Waals surface area contributed by atoms with Crippen LogP contribution in [0.1, 0.15) is 6.42 Å². The lowest BCUT2D eigenvalue weighted by molar-refractivity contribution is 0.280. The van der Waals surface area contributed by atoms with E-state index >= 15 is 0 Å². The molecular formula is C17H14BrClF2N2O3S. The first-order valence-electron chi connectivity index (χ1n) is 7.79. The lowest BCUT2D eigenvalue weighted by Crippen LogP contribution is -2.14. The lowest BCUT2D eigenvalue weighted by Gasteiger charge is -2.09. The number of hydrogen-bond acceptors (Lipinski definition) is 3. The van der Waals surface area contributed by atoms with Crippen molar-refractivity contribution in [2.75, 3.05) is 11.3 Å². The number of sulfonamides is 1. The van der Waals surface area contributed by atoms with E-state index in [-0.39, 0.29) is 16.0 Å². The number of rotatable bonds is 6. The Bertz CT molecular complexity index is 1120. The molecule has 0 fully saturated rings. The van der Waals surface area contributed by atoms with E-state index in [0.717, 1.165) is 12.1 Å². The zero-order chi connectivity index (χ0) is 19.8. The molecule has 1 heterocycles. The molecule has 0 aliphatic heterocycles. The monoisotopic (exact) mass is 478 g/mol. The highest BCUT2D eigenvalue weighted by Gasteiger charge is 2.23. The molecule has 0 atom stereocenters. The highest BCUT2D eigenvalue weighted by atomic mass is 79.9. The van der Waals surface area contributed by atoms with Crippen molar-refractivity contribution in [3.8, 4) is 0 Å². The number of aromatic nitrogens is 1. The van der Waals surface area contributed by atoms with Crippen molar-refractivity contribution >= 4 is 54.1 Å². The van der Waals surface area contributed by atoms with Crippen molar-refractivity contribution in [2.24, 2.45) is 0 Å². The van der Waals surface area contributed by atoms with E-state index in [4.69, 9.17) is 16.7 Å². The molecule has 144 valence electrons. The van der Waals surface area contributed by atoms with Crippen LogP contribution in [-0.2, 0) is 16.6 Å². The summed E-state index contributed by atoms with van der Waals surface area (Å²) in [6, 6.07) is 6.29. The minimum absolute atomic E-state index is 0.0655. The zero-order valence-corrected chi connectivity index (χ0v) is 16.9. The maximum Gasteiger partial charge on any atom is 0.264 e. The van der Waals surface area contributed by atoms with Crippen LogP contribution in [0, 0.1) is 11.6 Å². The second-order valence-electron chi connectivity index (χ2n) is 5.78. The summed E-state index contributed by atoms with van der Waals surface area (Å²) in [6.45, 7) is 0.300. The third-order valence-corrected chi connectivity index (χ3v) is 6.14. The van der Waals surface area contributed by atoms with Crippen LogP contribution in [0.5, 0.6) is 0 Å². The molecule has 1 aromatic heterocycles. The quantitative estimate of drug-likeness (QED) is 0.511. The summed E-state index contributed by atoms with van der Waals surface area (Å²) in [5, 5.41) is 9.84. The summed E-state index contributed by atoms with van der Waals surface area (Å²) in [5.41, 5.74) is 0.0553. The van der Waals surface area contributed by atoms with E-state index in [1.54, 1.807) is 22.8 Å². The molecule has 0 radical (unpaired) electrons. The van der Waals surface area contributed by atoms with Crippen LogP contribution in [-0.4, -0.2) is 24.7 Å². The number of anilines is 1. The molecule has 0 unspecified atom stereocenters. The number of nitrogens with zero attached hydrogens (tertiary/aromatic N) is 1. The second kappa shape index (κ2) is 7.75. The van der Waals surface area contributed by atoms with Crippen molar-refractivity contribution in [1.82, 2.24) is 4.57 Å². The van der Waals surface area contributed by atoms with Gasteiger partial charge in [-0.15, -0.1) is 0 Å². The van der Waals surface area contributed by atoms with Crippen LogP contribution in [0.15, 0.2) is 45.9 Å². The Morgan fingerprint density at radius 1 is 1.19 bits per heavy atom. The van der Waals surface area contributed by atoms with Gasteiger partial charge in [-0.05, 0) is 46.6 Å². The SMILES string of the molecule is O=S(=O)(Nc1cc(F)c(Br)cc1F)c1cn(CCCO)c2cc(Cl)ccc12. The first-order valence-corrected chi connectivity index (χ1v) is 10.4. The third-order valence-electron chi connectivity index (χ3n) is 3.91. The van der Waals surface area contributed by atoms with E-state index in [1.807, 2.05) is 0 Å². The van der Waals surface area contributed by atoms with Crippen LogP contribution in [0.4, 0.5) is 14.5 Å². The predicted molar refractivity (Wildman–Crippen MR) is 104 cm³/mol. The fourth-order valence-electron chi connectivity index (χ4n) is 2.67. The van der Waals surface area contributed by atoms with Gasteiger partial charge in [0.1, 0.15) is 16.5 Å². The van der Waals surface area contributed by atoms with Crippen LogP contribution in [0.25, 0.3) is 10.9 Å². The van der Waals surface area contributed by atoms with E-state index in [2.05, 4.69) is 20.7 Å². The minimum Gasteiger partial charge on any atom is -0.396 e. The lowest BCUT2D eigenvalue weighted by atomic mass is 10.2. The fourth-order valence-corrected chi connectivity index (χ4v) is 4.44. The molecule has 27 heavy (non-hydrogen) atoms. The smallest absolute Gasteiger partial charge is 0.264 e. The van der Waals surface area contributed by atoms with Gasteiger partial charge in [-0.3, -0.25) is 4.72 Å². The van der Waals surface area contributed by atoms with Crippen LogP contribution in [0.3, 0.4) is 0 Å². The average molecular weight is 480 g/mol. The van der Waals surface area contributed by atoms with Gasteiger partial charge in [0.2, 0.25) is 0 Å². The molecule has 0 aliphatic rings. The predicted octanol–water partition coefficient (Wildman–Crippen LogP) is 4.52. The number of aryl methyl sites for hydroxylation is 1. The molecule has 0 aliphatic carbocycles.